The lowest BCUT2D eigenvalue weighted by atomic mass is 9.71. The number of likely N-dealkylation sites (tertiary alicyclic amines) is 2. The number of hydrogen-bond donors (Lipinski definition) is 2. The molecule has 27 heavy (non-hydrogen) atoms. The summed E-state index contributed by atoms with van der Waals surface area (Å²) in [5.41, 5.74) is -0.148. The zero-order valence-electron chi connectivity index (χ0n) is 16.4. The molecular weight excluding hydrogens is 340 g/mol. The molecule has 1 aromatic rings. The Labute approximate surface area is 162 Å². The highest BCUT2D eigenvalue weighted by Gasteiger charge is 2.46. The summed E-state index contributed by atoms with van der Waals surface area (Å²) in [5.74, 6) is 1.93. The monoisotopic (exact) mass is 374 g/mol. The summed E-state index contributed by atoms with van der Waals surface area (Å²) in [4.78, 5) is 24.9. The first-order valence-electron chi connectivity index (χ1n) is 10.8. The summed E-state index contributed by atoms with van der Waals surface area (Å²) >= 11 is 0. The van der Waals surface area contributed by atoms with Crippen molar-refractivity contribution in [2.24, 2.45) is 11.3 Å². The molecule has 1 aromatic heterocycles. The molecule has 2 aliphatic heterocycles. The molecular formula is C21H34N4O2. The van der Waals surface area contributed by atoms with Crippen LogP contribution in [0.15, 0.2) is 12.4 Å². The minimum absolute atomic E-state index is 0.148. The van der Waals surface area contributed by atoms with Crippen LogP contribution >= 0.6 is 0 Å². The second-order valence-electron chi connectivity index (χ2n) is 9.00. The van der Waals surface area contributed by atoms with Gasteiger partial charge in [-0.1, -0.05) is 12.8 Å². The fourth-order valence-electron chi connectivity index (χ4n) is 5.50. The van der Waals surface area contributed by atoms with Gasteiger partial charge in [0.2, 0.25) is 5.91 Å². The predicted molar refractivity (Wildman–Crippen MR) is 104 cm³/mol. The van der Waals surface area contributed by atoms with Crippen LogP contribution in [-0.2, 0) is 11.2 Å². The van der Waals surface area contributed by atoms with Crippen molar-refractivity contribution in [2.75, 3.05) is 32.7 Å². The maximum absolute atomic E-state index is 12.9. The van der Waals surface area contributed by atoms with Crippen LogP contribution in [0.5, 0.6) is 0 Å². The van der Waals surface area contributed by atoms with Crippen molar-refractivity contribution in [2.45, 2.75) is 63.9 Å². The number of carbonyl (C=O) groups excluding carboxylic acids is 1. The van der Waals surface area contributed by atoms with Gasteiger partial charge in [-0.15, -0.1) is 0 Å². The van der Waals surface area contributed by atoms with Crippen molar-refractivity contribution in [3.05, 3.63) is 18.2 Å². The molecule has 150 valence electrons. The molecule has 6 heteroatoms. The number of aromatic nitrogens is 2. The number of aromatic amines is 1. The molecule has 3 aliphatic rings. The summed E-state index contributed by atoms with van der Waals surface area (Å²) in [6, 6.07) is 0. The minimum Gasteiger partial charge on any atom is -0.392 e. The number of amides is 1. The molecule has 1 aliphatic carbocycles. The Morgan fingerprint density at radius 3 is 2.85 bits per heavy atom. The van der Waals surface area contributed by atoms with Crippen LogP contribution < -0.4 is 0 Å². The fourth-order valence-corrected chi connectivity index (χ4v) is 5.50. The Balaban J connectivity index is 1.36. The third kappa shape index (κ3) is 4.37. The van der Waals surface area contributed by atoms with E-state index >= 15 is 0 Å². The Bertz CT molecular complexity index is 614. The van der Waals surface area contributed by atoms with Crippen molar-refractivity contribution in [1.82, 2.24) is 19.8 Å². The smallest absolute Gasteiger partial charge is 0.222 e. The summed E-state index contributed by atoms with van der Waals surface area (Å²) < 4.78 is 0. The number of rotatable bonds is 5. The third-order valence-electron chi connectivity index (χ3n) is 7.08. The fraction of sp³-hybridized carbons (Fsp3) is 0.810. The van der Waals surface area contributed by atoms with E-state index in [0.717, 1.165) is 64.2 Å². The molecule has 0 aromatic carbocycles. The van der Waals surface area contributed by atoms with E-state index in [1.165, 1.54) is 25.7 Å². The highest BCUT2D eigenvalue weighted by Crippen LogP contribution is 2.39. The van der Waals surface area contributed by atoms with E-state index in [2.05, 4.69) is 19.8 Å². The molecule has 1 amide bonds. The lowest BCUT2D eigenvalue weighted by Crippen LogP contribution is -2.60. The van der Waals surface area contributed by atoms with Crippen LogP contribution in [0.4, 0.5) is 0 Å². The molecule has 1 spiro atoms. The van der Waals surface area contributed by atoms with Gasteiger partial charge >= 0.3 is 0 Å². The van der Waals surface area contributed by atoms with E-state index in [1.54, 1.807) is 6.20 Å². The maximum Gasteiger partial charge on any atom is 0.222 e. The Kier molecular flexibility index (Phi) is 5.83. The zero-order valence-corrected chi connectivity index (χ0v) is 16.4. The molecule has 1 saturated carbocycles. The number of imidazole rings is 1. The highest BCUT2D eigenvalue weighted by atomic mass is 16.3. The van der Waals surface area contributed by atoms with E-state index in [0.29, 0.717) is 18.2 Å². The first-order valence-corrected chi connectivity index (χ1v) is 10.8. The molecule has 6 nitrogen and oxygen atoms in total. The number of aliphatic hydroxyl groups excluding tert-OH is 1. The number of nitrogens with zero attached hydrogens (tertiary/aromatic N) is 3. The van der Waals surface area contributed by atoms with Gasteiger partial charge in [-0.25, -0.2) is 4.98 Å². The van der Waals surface area contributed by atoms with E-state index < -0.39 is 0 Å². The SMILES string of the molecule is O=C(CC1CCCC1)N1CCC[C@@]2(CN(CCc3ncc[nH]3)CC[C@H]2O)C1. The molecule has 0 unspecified atom stereocenters. The Hall–Kier alpha value is -1.40. The van der Waals surface area contributed by atoms with Gasteiger partial charge in [0.25, 0.3) is 0 Å². The van der Waals surface area contributed by atoms with Crippen molar-refractivity contribution in [1.29, 1.82) is 0 Å². The van der Waals surface area contributed by atoms with Gasteiger partial charge in [-0.3, -0.25) is 4.79 Å². The molecule has 4 rings (SSSR count). The molecule has 3 heterocycles. The summed E-state index contributed by atoms with van der Waals surface area (Å²) in [7, 11) is 0. The van der Waals surface area contributed by atoms with Crippen molar-refractivity contribution >= 4 is 5.91 Å². The van der Waals surface area contributed by atoms with E-state index in [-0.39, 0.29) is 11.5 Å². The standard InChI is InChI=1S/C21H34N4O2/c26-18-6-12-24(13-7-19-22-9-10-23-19)15-21(18)8-3-11-25(16-21)20(27)14-17-4-1-2-5-17/h9-10,17-18,26H,1-8,11-16H2,(H,22,23)/t18-,21-/m1/s1. The first kappa shape index (κ1) is 18.9. The number of carbonyl (C=O) groups is 1. The van der Waals surface area contributed by atoms with Gasteiger partial charge in [0.1, 0.15) is 5.82 Å². The lowest BCUT2D eigenvalue weighted by molar-refractivity contribution is -0.142. The average Bonchev–Trinajstić information content (AvgIpc) is 3.37. The summed E-state index contributed by atoms with van der Waals surface area (Å²) in [5, 5.41) is 10.9. The van der Waals surface area contributed by atoms with Crippen molar-refractivity contribution in [3.8, 4) is 0 Å². The summed E-state index contributed by atoms with van der Waals surface area (Å²) in [6.07, 6.45) is 12.8. The molecule has 3 fully saturated rings. The van der Waals surface area contributed by atoms with Gasteiger partial charge in [-0.2, -0.15) is 0 Å². The molecule has 0 radical (unpaired) electrons. The third-order valence-corrected chi connectivity index (χ3v) is 7.08. The summed E-state index contributed by atoms with van der Waals surface area (Å²) in [6.45, 7) is 4.38. The second kappa shape index (κ2) is 8.31. The maximum atomic E-state index is 12.9. The quantitative estimate of drug-likeness (QED) is 0.829. The van der Waals surface area contributed by atoms with Gasteiger partial charge in [0.15, 0.2) is 0 Å². The van der Waals surface area contributed by atoms with E-state index in [9.17, 15) is 9.90 Å². The van der Waals surface area contributed by atoms with Gasteiger partial charge in [0, 0.05) is 63.4 Å². The van der Waals surface area contributed by atoms with E-state index in [4.69, 9.17) is 0 Å². The topological polar surface area (TPSA) is 72.5 Å². The van der Waals surface area contributed by atoms with Crippen LogP contribution in [0.25, 0.3) is 0 Å². The number of H-pyrrole nitrogens is 1. The van der Waals surface area contributed by atoms with E-state index in [1.807, 2.05) is 6.20 Å². The van der Waals surface area contributed by atoms with Gasteiger partial charge in [-0.05, 0) is 38.0 Å². The second-order valence-corrected chi connectivity index (χ2v) is 9.00. The normalized spacial score (nSPS) is 30.3. The van der Waals surface area contributed by atoms with Crippen molar-refractivity contribution < 1.29 is 9.90 Å². The minimum atomic E-state index is -0.292. The Morgan fingerprint density at radius 1 is 1.22 bits per heavy atom. The number of piperidine rings is 2. The van der Waals surface area contributed by atoms with Gasteiger partial charge < -0.3 is 19.9 Å². The molecule has 2 N–H and O–H groups in total. The highest BCUT2D eigenvalue weighted by molar-refractivity contribution is 5.76. The van der Waals surface area contributed by atoms with Crippen LogP contribution in [-0.4, -0.2) is 69.6 Å². The molecule has 2 atom stereocenters. The number of hydrogen-bond acceptors (Lipinski definition) is 4. The van der Waals surface area contributed by atoms with Crippen LogP contribution in [0.2, 0.25) is 0 Å². The molecule has 0 bridgehead atoms. The predicted octanol–water partition coefficient (Wildman–Crippen LogP) is 2.21. The van der Waals surface area contributed by atoms with Crippen LogP contribution in [0.3, 0.4) is 0 Å². The number of nitrogens with one attached hydrogen (secondary N) is 1. The molecule has 2 saturated heterocycles. The van der Waals surface area contributed by atoms with Crippen molar-refractivity contribution in [3.63, 3.8) is 0 Å². The first-order chi connectivity index (χ1) is 13.1. The zero-order chi connectivity index (χ0) is 18.7. The largest absolute Gasteiger partial charge is 0.392 e. The lowest BCUT2D eigenvalue weighted by Gasteiger charge is -2.51. The van der Waals surface area contributed by atoms with Crippen LogP contribution in [0, 0.1) is 11.3 Å². The Morgan fingerprint density at radius 2 is 2.07 bits per heavy atom. The average molecular weight is 375 g/mol. The number of aliphatic hydroxyl groups is 1. The van der Waals surface area contributed by atoms with Crippen LogP contribution in [0.1, 0.15) is 57.2 Å². The van der Waals surface area contributed by atoms with Gasteiger partial charge in [0.05, 0.1) is 6.10 Å².